The van der Waals surface area contributed by atoms with E-state index in [1.807, 2.05) is 36.4 Å². The Hall–Kier alpha value is -1.88. The average molecular weight is 271 g/mol. The van der Waals surface area contributed by atoms with Crippen LogP contribution in [0.25, 0.3) is 21.8 Å². The number of H-pyrrole nitrogens is 1. The number of aromatic amines is 1. The Balaban J connectivity index is 2.07. The van der Waals surface area contributed by atoms with Gasteiger partial charge in [-0.2, -0.15) is 0 Å². The Morgan fingerprint density at radius 2 is 1.70 bits per heavy atom. The fourth-order valence-electron chi connectivity index (χ4n) is 2.56. The van der Waals surface area contributed by atoms with Crippen molar-refractivity contribution < 1.29 is 15.3 Å². The number of rotatable bonds is 4. The SMILES string of the molecule is OCCC(O)C(O)c1ccc2[nH]c3ccccc3c2c1. The van der Waals surface area contributed by atoms with Gasteiger partial charge in [-0.1, -0.05) is 24.3 Å². The lowest BCUT2D eigenvalue weighted by Gasteiger charge is -2.17. The lowest BCUT2D eigenvalue weighted by atomic mass is 10.00. The summed E-state index contributed by atoms with van der Waals surface area (Å²) in [6.07, 6.45) is -1.78. The highest BCUT2D eigenvalue weighted by Crippen LogP contribution is 2.29. The third-order valence-corrected chi connectivity index (χ3v) is 3.66. The first-order valence-electron chi connectivity index (χ1n) is 6.68. The van der Waals surface area contributed by atoms with Gasteiger partial charge < -0.3 is 20.3 Å². The third-order valence-electron chi connectivity index (χ3n) is 3.66. The summed E-state index contributed by atoms with van der Waals surface area (Å²) in [7, 11) is 0. The van der Waals surface area contributed by atoms with Gasteiger partial charge in [0, 0.05) is 28.4 Å². The molecule has 3 rings (SSSR count). The quantitative estimate of drug-likeness (QED) is 0.587. The third kappa shape index (κ3) is 2.18. The Morgan fingerprint density at radius 3 is 2.50 bits per heavy atom. The standard InChI is InChI=1S/C16H17NO3/c18-8-7-15(19)16(20)10-5-6-14-12(9-10)11-3-1-2-4-13(11)17-14/h1-6,9,15-20H,7-8H2. The first-order valence-corrected chi connectivity index (χ1v) is 6.68. The maximum absolute atomic E-state index is 10.1. The van der Waals surface area contributed by atoms with E-state index in [9.17, 15) is 10.2 Å². The van der Waals surface area contributed by atoms with E-state index in [0.717, 1.165) is 21.8 Å². The zero-order chi connectivity index (χ0) is 14.1. The number of nitrogens with one attached hydrogen (secondary N) is 1. The summed E-state index contributed by atoms with van der Waals surface area (Å²) in [5.41, 5.74) is 2.70. The van der Waals surface area contributed by atoms with Crippen LogP contribution in [0.4, 0.5) is 0 Å². The highest BCUT2D eigenvalue weighted by Gasteiger charge is 2.18. The smallest absolute Gasteiger partial charge is 0.105 e. The Morgan fingerprint density at radius 1 is 0.950 bits per heavy atom. The second-order valence-electron chi connectivity index (χ2n) is 5.00. The van der Waals surface area contributed by atoms with Gasteiger partial charge in [0.2, 0.25) is 0 Å². The van der Waals surface area contributed by atoms with Crippen LogP contribution in [0.1, 0.15) is 18.1 Å². The molecule has 0 aliphatic rings. The summed E-state index contributed by atoms with van der Waals surface area (Å²) in [5, 5.41) is 30.9. The van der Waals surface area contributed by atoms with Crippen LogP contribution in [0.5, 0.6) is 0 Å². The maximum atomic E-state index is 10.1. The first-order chi connectivity index (χ1) is 9.70. The number of para-hydroxylation sites is 1. The monoisotopic (exact) mass is 271 g/mol. The molecule has 4 nitrogen and oxygen atoms in total. The van der Waals surface area contributed by atoms with Gasteiger partial charge >= 0.3 is 0 Å². The lowest BCUT2D eigenvalue weighted by Crippen LogP contribution is -2.19. The van der Waals surface area contributed by atoms with E-state index in [0.29, 0.717) is 5.56 Å². The zero-order valence-corrected chi connectivity index (χ0v) is 11.0. The molecule has 0 aliphatic heterocycles. The number of hydrogen-bond acceptors (Lipinski definition) is 3. The van der Waals surface area contributed by atoms with Crippen LogP contribution < -0.4 is 0 Å². The van der Waals surface area contributed by atoms with Gasteiger partial charge in [-0.15, -0.1) is 0 Å². The second-order valence-corrected chi connectivity index (χ2v) is 5.00. The van der Waals surface area contributed by atoms with Gasteiger partial charge in [0.05, 0.1) is 6.10 Å². The summed E-state index contributed by atoms with van der Waals surface area (Å²) in [5.74, 6) is 0. The highest BCUT2D eigenvalue weighted by molar-refractivity contribution is 6.07. The fraction of sp³-hybridized carbons (Fsp3) is 0.250. The van der Waals surface area contributed by atoms with Crippen LogP contribution in [0, 0.1) is 0 Å². The molecule has 0 amide bonds. The summed E-state index contributed by atoms with van der Waals surface area (Å²) in [6, 6.07) is 13.6. The summed E-state index contributed by atoms with van der Waals surface area (Å²) in [4.78, 5) is 3.31. The normalized spacial score (nSPS) is 14.8. The van der Waals surface area contributed by atoms with Crippen molar-refractivity contribution in [2.45, 2.75) is 18.6 Å². The molecular formula is C16H17NO3. The van der Waals surface area contributed by atoms with Crippen LogP contribution >= 0.6 is 0 Å². The molecule has 2 unspecified atom stereocenters. The molecule has 20 heavy (non-hydrogen) atoms. The van der Waals surface area contributed by atoms with Crippen LogP contribution in [-0.4, -0.2) is 33.0 Å². The molecule has 2 aromatic carbocycles. The highest BCUT2D eigenvalue weighted by atomic mass is 16.3. The largest absolute Gasteiger partial charge is 0.396 e. The minimum absolute atomic E-state index is 0.145. The predicted molar refractivity (Wildman–Crippen MR) is 78.5 cm³/mol. The van der Waals surface area contributed by atoms with Gasteiger partial charge in [-0.25, -0.2) is 0 Å². The lowest BCUT2D eigenvalue weighted by molar-refractivity contribution is 0.00429. The van der Waals surface area contributed by atoms with E-state index < -0.39 is 12.2 Å². The van der Waals surface area contributed by atoms with Gasteiger partial charge in [0.1, 0.15) is 6.10 Å². The van der Waals surface area contributed by atoms with Crippen molar-refractivity contribution in [1.29, 1.82) is 0 Å². The molecule has 0 radical (unpaired) electrons. The molecule has 0 fully saturated rings. The first kappa shape index (κ1) is 13.1. The summed E-state index contributed by atoms with van der Waals surface area (Å²) >= 11 is 0. The molecule has 0 aliphatic carbocycles. The van der Waals surface area contributed by atoms with Crippen LogP contribution in [0.3, 0.4) is 0 Å². The van der Waals surface area contributed by atoms with Gasteiger partial charge in [-0.3, -0.25) is 0 Å². The van der Waals surface area contributed by atoms with Gasteiger partial charge in [0.25, 0.3) is 0 Å². The molecular weight excluding hydrogens is 254 g/mol. The summed E-state index contributed by atoms with van der Waals surface area (Å²) < 4.78 is 0. The number of hydrogen-bond donors (Lipinski definition) is 4. The van der Waals surface area contributed by atoms with E-state index >= 15 is 0 Å². The van der Waals surface area contributed by atoms with Crippen molar-refractivity contribution in [3.63, 3.8) is 0 Å². The van der Waals surface area contributed by atoms with E-state index in [2.05, 4.69) is 4.98 Å². The van der Waals surface area contributed by atoms with Crippen molar-refractivity contribution in [2.24, 2.45) is 0 Å². The van der Waals surface area contributed by atoms with Crippen LogP contribution in [-0.2, 0) is 0 Å². The van der Waals surface area contributed by atoms with Crippen LogP contribution in [0.2, 0.25) is 0 Å². The molecule has 4 heteroatoms. The second kappa shape index (κ2) is 5.25. The van der Waals surface area contributed by atoms with Crippen molar-refractivity contribution >= 4 is 21.8 Å². The fourth-order valence-corrected chi connectivity index (χ4v) is 2.56. The van der Waals surface area contributed by atoms with Crippen molar-refractivity contribution in [1.82, 2.24) is 4.98 Å². The van der Waals surface area contributed by atoms with Crippen molar-refractivity contribution in [3.8, 4) is 0 Å². The molecule has 104 valence electrons. The van der Waals surface area contributed by atoms with E-state index in [1.165, 1.54) is 0 Å². The molecule has 0 saturated heterocycles. The maximum Gasteiger partial charge on any atom is 0.105 e. The van der Waals surface area contributed by atoms with E-state index in [1.54, 1.807) is 6.07 Å². The molecule has 1 aromatic heterocycles. The Labute approximate surface area is 116 Å². The molecule has 0 spiro atoms. The van der Waals surface area contributed by atoms with Crippen molar-refractivity contribution in [2.75, 3.05) is 6.61 Å². The van der Waals surface area contributed by atoms with Crippen LogP contribution in [0.15, 0.2) is 42.5 Å². The molecule has 0 saturated carbocycles. The average Bonchev–Trinajstić information content (AvgIpc) is 2.84. The number of aliphatic hydroxyl groups excluding tert-OH is 3. The molecule has 0 bridgehead atoms. The molecule has 2 atom stereocenters. The number of benzene rings is 2. The zero-order valence-electron chi connectivity index (χ0n) is 11.0. The summed E-state index contributed by atoms with van der Waals surface area (Å²) in [6.45, 7) is -0.145. The Bertz CT molecular complexity index is 735. The Kier molecular flexibility index (Phi) is 3.44. The number of aromatic nitrogens is 1. The molecule has 1 heterocycles. The van der Waals surface area contributed by atoms with E-state index in [4.69, 9.17) is 5.11 Å². The molecule has 3 aromatic rings. The van der Waals surface area contributed by atoms with Gasteiger partial charge in [0.15, 0.2) is 0 Å². The van der Waals surface area contributed by atoms with Crippen molar-refractivity contribution in [3.05, 3.63) is 48.0 Å². The number of fused-ring (bicyclic) bond motifs is 3. The topological polar surface area (TPSA) is 76.5 Å². The number of aliphatic hydroxyl groups is 3. The minimum Gasteiger partial charge on any atom is -0.396 e. The predicted octanol–water partition coefficient (Wildman–Crippen LogP) is 2.10. The van der Waals surface area contributed by atoms with Gasteiger partial charge in [-0.05, 0) is 30.2 Å². The van der Waals surface area contributed by atoms with E-state index in [-0.39, 0.29) is 13.0 Å². The molecule has 4 N–H and O–H groups in total. The minimum atomic E-state index is -0.986.